The van der Waals surface area contributed by atoms with Gasteiger partial charge in [0.25, 0.3) is 0 Å². The molecule has 2 atom stereocenters. The Morgan fingerprint density at radius 2 is 2.06 bits per heavy atom. The zero-order chi connectivity index (χ0) is 12.0. The lowest BCUT2D eigenvalue weighted by molar-refractivity contribution is 0.148. The monoisotopic (exact) mass is 249 g/mol. The van der Waals surface area contributed by atoms with Gasteiger partial charge in [-0.1, -0.05) is 6.92 Å². The topological polar surface area (TPSA) is 55.4 Å². The van der Waals surface area contributed by atoms with Crippen LogP contribution in [0.15, 0.2) is 0 Å². The summed E-state index contributed by atoms with van der Waals surface area (Å²) in [7, 11) is -2.88. The zero-order valence-electron chi connectivity index (χ0n) is 10.2. The van der Waals surface area contributed by atoms with Gasteiger partial charge in [-0.3, -0.25) is 0 Å². The molecule has 1 N–H and O–H groups in total. The van der Waals surface area contributed by atoms with E-state index >= 15 is 0 Å². The van der Waals surface area contributed by atoms with Gasteiger partial charge in [-0.05, 0) is 25.2 Å². The molecule has 1 aliphatic rings. The predicted molar refractivity (Wildman–Crippen MR) is 65.3 cm³/mol. The van der Waals surface area contributed by atoms with Crippen LogP contribution in [0.5, 0.6) is 0 Å². The highest BCUT2D eigenvalue weighted by atomic mass is 32.2. The van der Waals surface area contributed by atoms with Gasteiger partial charge >= 0.3 is 0 Å². The summed E-state index contributed by atoms with van der Waals surface area (Å²) in [5, 5.41) is 3.44. The molecule has 0 aromatic rings. The summed E-state index contributed by atoms with van der Waals surface area (Å²) in [5.41, 5.74) is 0. The van der Waals surface area contributed by atoms with Crippen LogP contribution in [0.1, 0.15) is 26.2 Å². The van der Waals surface area contributed by atoms with Crippen LogP contribution in [0.3, 0.4) is 0 Å². The Kier molecular flexibility index (Phi) is 5.72. The fourth-order valence-electron chi connectivity index (χ4n) is 2.04. The number of nitrogens with one attached hydrogen (secondary N) is 1. The first-order chi connectivity index (χ1) is 7.47. The van der Waals surface area contributed by atoms with Crippen molar-refractivity contribution in [2.75, 3.05) is 31.8 Å². The summed E-state index contributed by atoms with van der Waals surface area (Å²) >= 11 is 0. The molecule has 1 rings (SSSR count). The van der Waals surface area contributed by atoms with E-state index in [1.54, 1.807) is 0 Å². The van der Waals surface area contributed by atoms with Gasteiger partial charge in [-0.25, -0.2) is 8.42 Å². The Balaban J connectivity index is 1.92. The Morgan fingerprint density at radius 3 is 2.62 bits per heavy atom. The van der Waals surface area contributed by atoms with Gasteiger partial charge in [0, 0.05) is 18.8 Å². The van der Waals surface area contributed by atoms with Gasteiger partial charge in [-0.15, -0.1) is 0 Å². The average molecular weight is 249 g/mol. The normalized spacial score (nSPS) is 26.1. The van der Waals surface area contributed by atoms with E-state index in [1.165, 1.54) is 25.5 Å². The van der Waals surface area contributed by atoms with E-state index in [0.29, 0.717) is 19.3 Å². The van der Waals surface area contributed by atoms with E-state index in [0.717, 1.165) is 12.5 Å². The minimum Gasteiger partial charge on any atom is -0.379 e. The SMILES string of the molecule is CC1CCC(NCCOCCS(C)(=O)=O)C1. The molecule has 96 valence electrons. The summed E-state index contributed by atoms with van der Waals surface area (Å²) in [6.07, 6.45) is 5.05. The van der Waals surface area contributed by atoms with Crippen molar-refractivity contribution < 1.29 is 13.2 Å². The summed E-state index contributed by atoms with van der Waals surface area (Å²) in [6.45, 7) is 4.01. The Bertz CT molecular complexity index is 290. The lowest BCUT2D eigenvalue weighted by Crippen LogP contribution is -2.30. The maximum Gasteiger partial charge on any atom is 0.149 e. The highest BCUT2D eigenvalue weighted by Crippen LogP contribution is 2.24. The van der Waals surface area contributed by atoms with Gasteiger partial charge in [0.05, 0.1) is 19.0 Å². The summed E-state index contributed by atoms with van der Waals surface area (Å²) < 4.78 is 26.9. The molecule has 0 amide bonds. The lowest BCUT2D eigenvalue weighted by Gasteiger charge is -2.12. The van der Waals surface area contributed by atoms with E-state index in [9.17, 15) is 8.42 Å². The second kappa shape index (κ2) is 6.57. The van der Waals surface area contributed by atoms with Crippen LogP contribution < -0.4 is 5.32 Å². The van der Waals surface area contributed by atoms with Crippen LogP contribution in [-0.2, 0) is 14.6 Å². The van der Waals surface area contributed by atoms with E-state index < -0.39 is 9.84 Å². The number of ether oxygens (including phenoxy) is 1. The highest BCUT2D eigenvalue weighted by molar-refractivity contribution is 7.90. The van der Waals surface area contributed by atoms with Crippen molar-refractivity contribution in [2.24, 2.45) is 5.92 Å². The molecule has 0 aliphatic heterocycles. The van der Waals surface area contributed by atoms with Gasteiger partial charge < -0.3 is 10.1 Å². The molecule has 16 heavy (non-hydrogen) atoms. The molecule has 0 radical (unpaired) electrons. The smallest absolute Gasteiger partial charge is 0.149 e. The van der Waals surface area contributed by atoms with Crippen molar-refractivity contribution in [3.63, 3.8) is 0 Å². The Hall–Kier alpha value is -0.130. The fourth-order valence-corrected chi connectivity index (χ4v) is 2.46. The van der Waals surface area contributed by atoms with Crippen molar-refractivity contribution in [3.05, 3.63) is 0 Å². The first-order valence-corrected chi connectivity index (χ1v) is 8.02. The third kappa shape index (κ3) is 6.45. The second-order valence-electron chi connectivity index (χ2n) is 4.81. The van der Waals surface area contributed by atoms with Crippen molar-refractivity contribution in [1.82, 2.24) is 5.32 Å². The average Bonchev–Trinajstić information content (AvgIpc) is 2.56. The standard InChI is InChI=1S/C11H23NO3S/c1-10-3-4-11(9-10)12-5-6-15-7-8-16(2,13)14/h10-12H,3-9H2,1-2H3. The van der Waals surface area contributed by atoms with Crippen molar-refractivity contribution in [3.8, 4) is 0 Å². The molecule has 0 aromatic heterocycles. The molecule has 0 spiro atoms. The number of hydrogen-bond donors (Lipinski definition) is 1. The molecule has 0 saturated heterocycles. The van der Waals surface area contributed by atoms with E-state index in [-0.39, 0.29) is 5.75 Å². The summed E-state index contributed by atoms with van der Waals surface area (Å²) in [4.78, 5) is 0. The first-order valence-electron chi connectivity index (χ1n) is 5.96. The van der Waals surface area contributed by atoms with Gasteiger partial charge in [-0.2, -0.15) is 0 Å². The number of sulfone groups is 1. The molecular formula is C11H23NO3S. The second-order valence-corrected chi connectivity index (χ2v) is 7.07. The third-order valence-corrected chi connectivity index (χ3v) is 3.88. The van der Waals surface area contributed by atoms with Gasteiger partial charge in [0.2, 0.25) is 0 Å². The van der Waals surface area contributed by atoms with Crippen LogP contribution in [0, 0.1) is 5.92 Å². The molecular weight excluding hydrogens is 226 g/mol. The van der Waals surface area contributed by atoms with Crippen LogP contribution in [0.4, 0.5) is 0 Å². The van der Waals surface area contributed by atoms with Crippen LogP contribution in [0.25, 0.3) is 0 Å². The molecule has 1 fully saturated rings. The Labute approximate surface area is 98.7 Å². The number of rotatable bonds is 7. The first kappa shape index (κ1) is 13.9. The van der Waals surface area contributed by atoms with Gasteiger partial charge in [0.1, 0.15) is 9.84 Å². The molecule has 1 saturated carbocycles. The maximum atomic E-state index is 10.8. The minimum atomic E-state index is -2.88. The third-order valence-electron chi connectivity index (χ3n) is 2.97. The predicted octanol–water partition coefficient (Wildman–Crippen LogP) is 0.826. The molecule has 1 aliphatic carbocycles. The maximum absolute atomic E-state index is 10.8. The van der Waals surface area contributed by atoms with Crippen molar-refractivity contribution in [1.29, 1.82) is 0 Å². The molecule has 0 bridgehead atoms. The van der Waals surface area contributed by atoms with Gasteiger partial charge in [0.15, 0.2) is 0 Å². The van der Waals surface area contributed by atoms with Crippen molar-refractivity contribution in [2.45, 2.75) is 32.2 Å². The quantitative estimate of drug-likeness (QED) is 0.679. The zero-order valence-corrected chi connectivity index (χ0v) is 11.1. The van der Waals surface area contributed by atoms with E-state index in [2.05, 4.69) is 12.2 Å². The summed E-state index contributed by atoms with van der Waals surface area (Å²) in [5.74, 6) is 0.955. The molecule has 5 heteroatoms. The summed E-state index contributed by atoms with van der Waals surface area (Å²) in [6, 6.07) is 0.633. The number of hydrogen-bond acceptors (Lipinski definition) is 4. The molecule has 0 heterocycles. The lowest BCUT2D eigenvalue weighted by atomic mass is 10.1. The fraction of sp³-hybridized carbons (Fsp3) is 1.00. The Morgan fingerprint density at radius 1 is 1.31 bits per heavy atom. The van der Waals surface area contributed by atoms with Crippen LogP contribution >= 0.6 is 0 Å². The molecule has 2 unspecified atom stereocenters. The largest absolute Gasteiger partial charge is 0.379 e. The van der Waals surface area contributed by atoms with Crippen LogP contribution in [0.2, 0.25) is 0 Å². The van der Waals surface area contributed by atoms with Crippen LogP contribution in [-0.4, -0.2) is 46.2 Å². The van der Waals surface area contributed by atoms with E-state index in [4.69, 9.17) is 4.74 Å². The molecule has 0 aromatic carbocycles. The minimum absolute atomic E-state index is 0.119. The molecule has 4 nitrogen and oxygen atoms in total. The highest BCUT2D eigenvalue weighted by Gasteiger charge is 2.19. The van der Waals surface area contributed by atoms with E-state index in [1.807, 2.05) is 0 Å². The van der Waals surface area contributed by atoms with Crippen molar-refractivity contribution >= 4 is 9.84 Å².